The van der Waals surface area contributed by atoms with Crippen molar-refractivity contribution in [2.24, 2.45) is 5.73 Å². The SMILES string of the molecule is COCC(N)C(=O)NC1CCCN(C)C1. The topological polar surface area (TPSA) is 67.6 Å². The summed E-state index contributed by atoms with van der Waals surface area (Å²) in [6.45, 7) is 2.29. The minimum Gasteiger partial charge on any atom is -0.383 e. The van der Waals surface area contributed by atoms with Gasteiger partial charge in [-0.3, -0.25) is 4.79 Å². The third-order valence-electron chi connectivity index (χ3n) is 2.65. The summed E-state index contributed by atoms with van der Waals surface area (Å²) < 4.78 is 4.84. The van der Waals surface area contributed by atoms with Gasteiger partial charge in [-0.15, -0.1) is 0 Å². The van der Waals surface area contributed by atoms with Crippen LogP contribution in [0.3, 0.4) is 0 Å². The van der Waals surface area contributed by atoms with Crippen LogP contribution in [-0.4, -0.2) is 56.7 Å². The number of hydrogen-bond donors (Lipinski definition) is 2. The molecule has 1 aliphatic rings. The van der Waals surface area contributed by atoms with Crippen molar-refractivity contribution in [2.75, 3.05) is 33.9 Å². The van der Waals surface area contributed by atoms with E-state index in [-0.39, 0.29) is 18.6 Å². The molecule has 0 aromatic heterocycles. The Hall–Kier alpha value is -0.650. The molecule has 0 spiro atoms. The van der Waals surface area contributed by atoms with Crippen LogP contribution in [0.5, 0.6) is 0 Å². The van der Waals surface area contributed by atoms with Gasteiger partial charge in [0.15, 0.2) is 0 Å². The normalized spacial score (nSPS) is 24.9. The Morgan fingerprint density at radius 3 is 3.07 bits per heavy atom. The molecule has 2 unspecified atom stereocenters. The van der Waals surface area contributed by atoms with Crippen LogP contribution in [0.4, 0.5) is 0 Å². The van der Waals surface area contributed by atoms with Gasteiger partial charge in [0.2, 0.25) is 5.91 Å². The van der Waals surface area contributed by atoms with E-state index < -0.39 is 6.04 Å². The number of amides is 1. The summed E-state index contributed by atoms with van der Waals surface area (Å²) in [6, 6.07) is -0.318. The molecule has 0 aromatic carbocycles. The molecule has 1 heterocycles. The lowest BCUT2D eigenvalue weighted by Crippen LogP contribution is -2.52. The second-order valence-electron chi connectivity index (χ2n) is 4.17. The van der Waals surface area contributed by atoms with E-state index in [0.717, 1.165) is 25.9 Å². The predicted octanol–water partition coefficient (Wildman–Crippen LogP) is -0.829. The number of ether oxygens (including phenoxy) is 1. The Labute approximate surface area is 90.9 Å². The van der Waals surface area contributed by atoms with E-state index in [1.807, 2.05) is 0 Å². The van der Waals surface area contributed by atoms with Crippen molar-refractivity contribution in [1.29, 1.82) is 0 Å². The van der Waals surface area contributed by atoms with Crippen LogP contribution in [0.2, 0.25) is 0 Å². The quantitative estimate of drug-likeness (QED) is 0.642. The Morgan fingerprint density at radius 1 is 1.73 bits per heavy atom. The fourth-order valence-electron chi connectivity index (χ4n) is 1.85. The van der Waals surface area contributed by atoms with E-state index in [4.69, 9.17) is 10.5 Å². The van der Waals surface area contributed by atoms with Crippen LogP contribution in [0.25, 0.3) is 0 Å². The van der Waals surface area contributed by atoms with Gasteiger partial charge >= 0.3 is 0 Å². The molecule has 5 nitrogen and oxygen atoms in total. The fraction of sp³-hybridized carbons (Fsp3) is 0.900. The van der Waals surface area contributed by atoms with E-state index in [9.17, 15) is 4.79 Å². The third kappa shape index (κ3) is 4.15. The maximum atomic E-state index is 11.6. The molecule has 15 heavy (non-hydrogen) atoms. The molecule has 1 saturated heterocycles. The van der Waals surface area contributed by atoms with Gasteiger partial charge in [0.25, 0.3) is 0 Å². The van der Waals surface area contributed by atoms with Crippen molar-refractivity contribution >= 4 is 5.91 Å². The zero-order valence-corrected chi connectivity index (χ0v) is 9.53. The molecule has 1 fully saturated rings. The number of rotatable bonds is 4. The highest BCUT2D eigenvalue weighted by Gasteiger charge is 2.21. The second kappa shape index (κ2) is 6.05. The van der Waals surface area contributed by atoms with Crippen LogP contribution in [0.15, 0.2) is 0 Å². The van der Waals surface area contributed by atoms with Crippen molar-refractivity contribution in [3.8, 4) is 0 Å². The highest BCUT2D eigenvalue weighted by atomic mass is 16.5. The lowest BCUT2D eigenvalue weighted by Gasteiger charge is -2.30. The molecule has 0 radical (unpaired) electrons. The number of carbonyl (C=O) groups excluding carboxylic acids is 1. The van der Waals surface area contributed by atoms with E-state index in [1.54, 1.807) is 7.11 Å². The summed E-state index contributed by atoms with van der Waals surface area (Å²) >= 11 is 0. The van der Waals surface area contributed by atoms with E-state index >= 15 is 0 Å². The van der Waals surface area contributed by atoms with Gasteiger partial charge in [-0.25, -0.2) is 0 Å². The number of nitrogens with zero attached hydrogens (tertiary/aromatic N) is 1. The number of nitrogens with two attached hydrogens (primary N) is 1. The average Bonchev–Trinajstić information content (AvgIpc) is 2.18. The molecule has 1 rings (SSSR count). The molecular weight excluding hydrogens is 194 g/mol. The summed E-state index contributed by atoms with van der Waals surface area (Å²) in [5.74, 6) is -0.114. The zero-order valence-electron chi connectivity index (χ0n) is 9.53. The van der Waals surface area contributed by atoms with Gasteiger partial charge in [-0.2, -0.15) is 0 Å². The highest BCUT2D eigenvalue weighted by Crippen LogP contribution is 2.07. The first-order valence-corrected chi connectivity index (χ1v) is 5.37. The molecule has 0 aromatic rings. The summed E-state index contributed by atoms with van der Waals surface area (Å²) in [5, 5.41) is 2.95. The molecule has 2 atom stereocenters. The van der Waals surface area contributed by atoms with E-state index in [0.29, 0.717) is 0 Å². The van der Waals surface area contributed by atoms with Crippen LogP contribution < -0.4 is 11.1 Å². The number of methoxy groups -OCH3 is 1. The summed E-state index contributed by atoms with van der Waals surface area (Å²) in [5.41, 5.74) is 5.63. The molecular formula is C10H21N3O2. The predicted molar refractivity (Wildman–Crippen MR) is 58.5 cm³/mol. The van der Waals surface area contributed by atoms with Crippen molar-refractivity contribution in [1.82, 2.24) is 10.2 Å². The van der Waals surface area contributed by atoms with Crippen molar-refractivity contribution in [2.45, 2.75) is 24.9 Å². The van der Waals surface area contributed by atoms with E-state index in [2.05, 4.69) is 17.3 Å². The Morgan fingerprint density at radius 2 is 2.47 bits per heavy atom. The number of carbonyl (C=O) groups is 1. The van der Waals surface area contributed by atoms with Gasteiger partial charge in [-0.1, -0.05) is 0 Å². The first-order chi connectivity index (χ1) is 7.13. The maximum absolute atomic E-state index is 11.6. The standard InChI is InChI=1S/C10H21N3O2/c1-13-5-3-4-8(6-13)12-10(14)9(11)7-15-2/h8-9H,3-7,11H2,1-2H3,(H,12,14). The Balaban J connectivity index is 2.30. The minimum absolute atomic E-state index is 0.114. The average molecular weight is 215 g/mol. The minimum atomic E-state index is -0.553. The second-order valence-corrected chi connectivity index (χ2v) is 4.17. The summed E-state index contributed by atoms with van der Waals surface area (Å²) in [6.07, 6.45) is 2.16. The fourth-order valence-corrected chi connectivity index (χ4v) is 1.85. The number of piperidine rings is 1. The highest BCUT2D eigenvalue weighted by molar-refractivity contribution is 5.81. The zero-order chi connectivity index (χ0) is 11.3. The monoisotopic (exact) mass is 215 g/mol. The molecule has 3 N–H and O–H groups in total. The van der Waals surface area contributed by atoms with Gasteiger partial charge in [0, 0.05) is 19.7 Å². The molecule has 0 bridgehead atoms. The first kappa shape index (κ1) is 12.4. The van der Waals surface area contributed by atoms with Crippen molar-refractivity contribution in [3.63, 3.8) is 0 Å². The van der Waals surface area contributed by atoms with Crippen LogP contribution in [0, 0.1) is 0 Å². The smallest absolute Gasteiger partial charge is 0.239 e. The van der Waals surface area contributed by atoms with Crippen LogP contribution >= 0.6 is 0 Å². The van der Waals surface area contributed by atoms with Crippen LogP contribution in [-0.2, 0) is 9.53 Å². The van der Waals surface area contributed by atoms with Crippen molar-refractivity contribution in [3.05, 3.63) is 0 Å². The Kier molecular flexibility index (Phi) is 5.01. The number of likely N-dealkylation sites (tertiary alicyclic amines) is 1. The maximum Gasteiger partial charge on any atom is 0.239 e. The van der Waals surface area contributed by atoms with Gasteiger partial charge in [-0.05, 0) is 26.4 Å². The van der Waals surface area contributed by atoms with Gasteiger partial charge < -0.3 is 20.7 Å². The van der Waals surface area contributed by atoms with Crippen LogP contribution in [0.1, 0.15) is 12.8 Å². The molecule has 5 heteroatoms. The van der Waals surface area contributed by atoms with Gasteiger partial charge in [0.05, 0.1) is 6.61 Å². The summed E-state index contributed by atoms with van der Waals surface area (Å²) in [4.78, 5) is 13.8. The number of likely N-dealkylation sites (N-methyl/N-ethyl adjacent to an activating group) is 1. The van der Waals surface area contributed by atoms with Crippen molar-refractivity contribution < 1.29 is 9.53 Å². The molecule has 88 valence electrons. The number of nitrogens with one attached hydrogen (secondary N) is 1. The first-order valence-electron chi connectivity index (χ1n) is 5.37. The molecule has 1 amide bonds. The lowest BCUT2D eigenvalue weighted by atomic mass is 10.1. The third-order valence-corrected chi connectivity index (χ3v) is 2.65. The molecule has 0 saturated carbocycles. The number of hydrogen-bond acceptors (Lipinski definition) is 4. The Bertz CT molecular complexity index is 211. The largest absolute Gasteiger partial charge is 0.383 e. The van der Waals surface area contributed by atoms with E-state index in [1.165, 1.54) is 0 Å². The van der Waals surface area contributed by atoms with Gasteiger partial charge in [0.1, 0.15) is 6.04 Å². The molecule has 1 aliphatic heterocycles. The lowest BCUT2D eigenvalue weighted by molar-refractivity contribution is -0.124. The summed E-state index contributed by atoms with van der Waals surface area (Å²) in [7, 11) is 3.61. The molecule has 0 aliphatic carbocycles.